The van der Waals surface area contributed by atoms with Crippen LogP contribution in [0.4, 0.5) is 0 Å². The lowest BCUT2D eigenvalue weighted by atomic mass is 10.0. The van der Waals surface area contributed by atoms with Crippen LogP contribution in [0.25, 0.3) is 22.2 Å². The number of carbonyl (C=O) groups excluding carboxylic acids is 1. The van der Waals surface area contributed by atoms with E-state index in [1.807, 2.05) is 43.6 Å². The Bertz CT molecular complexity index is 856. The number of rotatable bonds is 4. The molecular formula is C18H17ClN2O2. The van der Waals surface area contributed by atoms with Gasteiger partial charge in [-0.2, -0.15) is 0 Å². The minimum absolute atomic E-state index is 0.221. The largest absolute Gasteiger partial charge is 0.469 e. The Morgan fingerprint density at radius 3 is 2.87 bits per heavy atom. The van der Waals surface area contributed by atoms with Gasteiger partial charge in [0, 0.05) is 47.4 Å². The van der Waals surface area contributed by atoms with Crippen molar-refractivity contribution in [3.63, 3.8) is 0 Å². The number of aryl methyl sites for hydroxylation is 2. The van der Waals surface area contributed by atoms with E-state index >= 15 is 0 Å². The molecule has 3 aromatic rings. The molecule has 0 unspecified atom stereocenters. The van der Waals surface area contributed by atoms with E-state index in [0.29, 0.717) is 17.9 Å². The summed E-state index contributed by atoms with van der Waals surface area (Å²) in [4.78, 5) is 15.8. The number of methoxy groups -OCH3 is 1. The molecule has 0 bridgehead atoms. The van der Waals surface area contributed by atoms with Crippen LogP contribution in [0.3, 0.4) is 0 Å². The van der Waals surface area contributed by atoms with Gasteiger partial charge in [0.1, 0.15) is 0 Å². The summed E-state index contributed by atoms with van der Waals surface area (Å²) in [5.74, 6) is -0.221. The first-order valence-electron chi connectivity index (χ1n) is 7.36. The first-order chi connectivity index (χ1) is 11.1. The van der Waals surface area contributed by atoms with Gasteiger partial charge in [-0.05, 0) is 42.3 Å². The van der Waals surface area contributed by atoms with Crippen LogP contribution in [0.5, 0.6) is 0 Å². The molecule has 0 aliphatic rings. The minimum atomic E-state index is -0.221. The second-order valence-electron chi connectivity index (χ2n) is 5.37. The van der Waals surface area contributed by atoms with Crippen LogP contribution in [0.15, 0.2) is 42.7 Å². The molecule has 0 radical (unpaired) electrons. The molecule has 23 heavy (non-hydrogen) atoms. The van der Waals surface area contributed by atoms with Crippen LogP contribution in [0, 0.1) is 0 Å². The number of carbonyl (C=O) groups is 1. The molecule has 0 amide bonds. The summed E-state index contributed by atoms with van der Waals surface area (Å²) in [5, 5.41) is 1.74. The lowest BCUT2D eigenvalue weighted by Gasteiger charge is -2.07. The maximum absolute atomic E-state index is 11.6. The van der Waals surface area contributed by atoms with Gasteiger partial charge in [0.15, 0.2) is 0 Å². The van der Waals surface area contributed by atoms with Gasteiger partial charge in [-0.1, -0.05) is 11.6 Å². The quantitative estimate of drug-likeness (QED) is 0.680. The molecular weight excluding hydrogens is 312 g/mol. The van der Waals surface area contributed by atoms with Gasteiger partial charge in [0.2, 0.25) is 0 Å². The summed E-state index contributed by atoms with van der Waals surface area (Å²) in [6.45, 7) is 0. The van der Waals surface area contributed by atoms with Gasteiger partial charge in [-0.25, -0.2) is 0 Å². The third-order valence-corrected chi connectivity index (χ3v) is 4.24. The highest BCUT2D eigenvalue weighted by Gasteiger charge is 2.18. The molecule has 3 rings (SSSR count). The molecule has 2 heterocycles. The summed E-state index contributed by atoms with van der Waals surface area (Å²) in [6.07, 6.45) is 4.50. The standard InChI is InChI=1S/C18H17ClN2O2/c1-21-16-7-5-13(19)10-15(16)14(6-8-17(22)23-2)18(21)12-4-3-9-20-11-12/h3-5,7,9-11H,6,8H2,1-2H3. The third-order valence-electron chi connectivity index (χ3n) is 4.01. The Balaban J connectivity index is 2.20. The summed E-state index contributed by atoms with van der Waals surface area (Å²) in [5.41, 5.74) is 4.23. The zero-order chi connectivity index (χ0) is 16.4. The zero-order valence-corrected chi connectivity index (χ0v) is 13.8. The molecule has 4 nitrogen and oxygen atoms in total. The molecule has 0 N–H and O–H groups in total. The van der Waals surface area contributed by atoms with E-state index in [1.165, 1.54) is 7.11 Å². The van der Waals surface area contributed by atoms with Crippen LogP contribution in [0.2, 0.25) is 5.02 Å². The van der Waals surface area contributed by atoms with Crippen LogP contribution < -0.4 is 0 Å². The summed E-state index contributed by atoms with van der Waals surface area (Å²) in [7, 11) is 3.42. The van der Waals surface area contributed by atoms with Gasteiger partial charge >= 0.3 is 5.97 Å². The molecule has 0 atom stereocenters. The number of nitrogens with zero attached hydrogens (tertiary/aromatic N) is 2. The van der Waals surface area contributed by atoms with E-state index < -0.39 is 0 Å². The average Bonchev–Trinajstić information content (AvgIpc) is 2.85. The van der Waals surface area contributed by atoms with Crippen molar-refractivity contribution in [3.8, 4) is 11.3 Å². The van der Waals surface area contributed by atoms with Crippen molar-refractivity contribution in [2.24, 2.45) is 7.05 Å². The predicted molar refractivity (Wildman–Crippen MR) is 91.5 cm³/mol. The molecule has 1 aromatic carbocycles. The number of ether oxygens (including phenoxy) is 1. The van der Waals surface area contributed by atoms with E-state index in [4.69, 9.17) is 16.3 Å². The third kappa shape index (κ3) is 2.94. The Morgan fingerprint density at radius 2 is 2.17 bits per heavy atom. The average molecular weight is 329 g/mol. The highest BCUT2D eigenvalue weighted by atomic mass is 35.5. The van der Waals surface area contributed by atoms with Crippen LogP contribution in [-0.2, 0) is 23.0 Å². The summed E-state index contributed by atoms with van der Waals surface area (Å²) in [6, 6.07) is 9.75. The lowest BCUT2D eigenvalue weighted by Crippen LogP contribution is -2.03. The molecule has 118 valence electrons. The van der Waals surface area contributed by atoms with E-state index in [9.17, 15) is 4.79 Å². The van der Waals surface area contributed by atoms with Crippen LogP contribution in [0.1, 0.15) is 12.0 Å². The second kappa shape index (κ2) is 6.42. The van der Waals surface area contributed by atoms with E-state index in [2.05, 4.69) is 9.55 Å². The minimum Gasteiger partial charge on any atom is -0.469 e. The number of fused-ring (bicyclic) bond motifs is 1. The summed E-state index contributed by atoms with van der Waals surface area (Å²) < 4.78 is 6.90. The Kier molecular flexibility index (Phi) is 4.35. The van der Waals surface area contributed by atoms with Crippen molar-refractivity contribution in [3.05, 3.63) is 53.3 Å². The Hall–Kier alpha value is -2.33. The highest BCUT2D eigenvalue weighted by Crippen LogP contribution is 2.35. The van der Waals surface area contributed by atoms with Gasteiger partial charge in [-0.3, -0.25) is 9.78 Å². The van der Waals surface area contributed by atoms with Crippen molar-refractivity contribution in [2.45, 2.75) is 12.8 Å². The van der Waals surface area contributed by atoms with E-state index in [-0.39, 0.29) is 5.97 Å². The number of pyridine rings is 1. The maximum atomic E-state index is 11.6. The van der Waals surface area contributed by atoms with Gasteiger partial charge in [-0.15, -0.1) is 0 Å². The monoisotopic (exact) mass is 328 g/mol. The fourth-order valence-corrected chi connectivity index (χ4v) is 3.12. The number of halogens is 1. The number of benzene rings is 1. The molecule has 0 fully saturated rings. The van der Waals surface area contributed by atoms with Crippen LogP contribution in [-0.4, -0.2) is 22.6 Å². The Morgan fingerprint density at radius 1 is 1.35 bits per heavy atom. The van der Waals surface area contributed by atoms with Gasteiger partial charge < -0.3 is 9.30 Å². The topological polar surface area (TPSA) is 44.1 Å². The molecule has 5 heteroatoms. The van der Waals surface area contributed by atoms with Gasteiger partial charge in [0.05, 0.1) is 12.8 Å². The zero-order valence-electron chi connectivity index (χ0n) is 13.0. The number of hydrogen-bond donors (Lipinski definition) is 0. The van der Waals surface area contributed by atoms with Crippen molar-refractivity contribution < 1.29 is 9.53 Å². The first kappa shape index (κ1) is 15.6. The molecule has 0 saturated heterocycles. The normalized spacial score (nSPS) is 10.9. The number of hydrogen-bond acceptors (Lipinski definition) is 3. The molecule has 0 aliphatic carbocycles. The Labute approximate surface area is 139 Å². The van der Waals surface area contributed by atoms with Gasteiger partial charge in [0.25, 0.3) is 0 Å². The lowest BCUT2D eigenvalue weighted by molar-refractivity contribution is -0.140. The fraction of sp³-hybridized carbons (Fsp3) is 0.222. The molecule has 0 saturated carbocycles. The van der Waals surface area contributed by atoms with Crippen molar-refractivity contribution in [1.82, 2.24) is 9.55 Å². The molecule has 0 aliphatic heterocycles. The van der Waals surface area contributed by atoms with Crippen LogP contribution >= 0.6 is 11.6 Å². The number of esters is 1. The van der Waals surface area contributed by atoms with Crippen molar-refractivity contribution in [2.75, 3.05) is 7.11 Å². The highest BCUT2D eigenvalue weighted by molar-refractivity contribution is 6.31. The van der Waals surface area contributed by atoms with Crippen molar-refractivity contribution in [1.29, 1.82) is 0 Å². The fourth-order valence-electron chi connectivity index (χ4n) is 2.95. The number of aromatic nitrogens is 2. The molecule has 2 aromatic heterocycles. The first-order valence-corrected chi connectivity index (χ1v) is 7.73. The predicted octanol–water partition coefficient (Wildman–Crippen LogP) is 4.00. The maximum Gasteiger partial charge on any atom is 0.305 e. The van der Waals surface area contributed by atoms with Crippen molar-refractivity contribution >= 4 is 28.5 Å². The summed E-state index contributed by atoms with van der Waals surface area (Å²) >= 11 is 6.18. The van der Waals surface area contributed by atoms with E-state index in [1.54, 1.807) is 6.20 Å². The smallest absolute Gasteiger partial charge is 0.305 e. The second-order valence-corrected chi connectivity index (χ2v) is 5.80. The SMILES string of the molecule is COC(=O)CCc1c(-c2cccnc2)n(C)c2ccc(Cl)cc12. The van der Waals surface area contributed by atoms with E-state index in [0.717, 1.165) is 27.7 Å². The molecule has 0 spiro atoms.